The van der Waals surface area contributed by atoms with E-state index in [9.17, 15) is 33.7 Å². The van der Waals surface area contributed by atoms with E-state index in [1.165, 1.54) is 10.9 Å². The highest BCUT2D eigenvalue weighted by atomic mass is 35.5. The van der Waals surface area contributed by atoms with Gasteiger partial charge in [-0.1, -0.05) is 0 Å². The van der Waals surface area contributed by atoms with Crippen LogP contribution in [0.4, 0.5) is 5.82 Å². The zero-order chi connectivity index (χ0) is 24.6. The maximum absolute atomic E-state index is 12.1. The van der Waals surface area contributed by atoms with Crippen molar-refractivity contribution in [1.29, 1.82) is 0 Å². The maximum atomic E-state index is 12.1. The zero-order valence-corrected chi connectivity index (χ0v) is 20.1. The van der Waals surface area contributed by atoms with Gasteiger partial charge in [-0.25, -0.2) is 23.8 Å². The Morgan fingerprint density at radius 2 is 1.79 bits per heavy atom. The third-order valence-electron chi connectivity index (χ3n) is 4.19. The van der Waals surface area contributed by atoms with E-state index in [1.807, 2.05) is 0 Å². The summed E-state index contributed by atoms with van der Waals surface area (Å²) in [4.78, 5) is 31.1. The van der Waals surface area contributed by atoms with Crippen molar-refractivity contribution in [3.8, 4) is 0 Å². The summed E-state index contributed by atoms with van der Waals surface area (Å²) in [5.41, 5.74) is 6.07. The van der Waals surface area contributed by atoms with Crippen LogP contribution in [0.1, 0.15) is 6.23 Å². The standard InChI is InChI=1S/C11H16Cl2N5O12P3/c12-28-32(23,29-13)4-31(21,22)30-33(24,25)26-1-5-7(19)8(20)11(27-5)18-3-17-6-9(14)15-2-16-10(6)18/h2-3,5,7-8,11,19-20H,1,4H2,(H,21,22)(H,24,25)(H2,14,15,16)/t5-,7-,8-,11-/m1/s1. The molecule has 0 aromatic carbocycles. The van der Waals surface area contributed by atoms with Gasteiger partial charge in [0.05, 0.1) is 36.7 Å². The lowest BCUT2D eigenvalue weighted by Gasteiger charge is -2.20. The molecule has 1 saturated heterocycles. The number of halogens is 2. The second kappa shape index (κ2) is 10.1. The molecule has 3 rings (SSSR count). The number of nitrogen functional groups attached to an aromatic ring is 1. The Hall–Kier alpha value is -0.740. The normalized spacial score (nSPS) is 27.5. The molecule has 0 spiro atoms. The van der Waals surface area contributed by atoms with Gasteiger partial charge in [0.2, 0.25) is 0 Å². The lowest BCUT2D eigenvalue weighted by atomic mass is 10.1. The van der Waals surface area contributed by atoms with E-state index in [0.717, 1.165) is 6.33 Å². The van der Waals surface area contributed by atoms with Crippen molar-refractivity contribution in [3.63, 3.8) is 0 Å². The van der Waals surface area contributed by atoms with Crippen LogP contribution in [-0.2, 0) is 35.4 Å². The fourth-order valence-electron chi connectivity index (χ4n) is 2.80. The quantitative estimate of drug-likeness (QED) is 0.247. The van der Waals surface area contributed by atoms with Crippen LogP contribution in [0.25, 0.3) is 11.2 Å². The number of anilines is 1. The Kier molecular flexibility index (Phi) is 8.21. The molecule has 22 heteroatoms. The highest BCUT2D eigenvalue weighted by Gasteiger charge is 2.47. The van der Waals surface area contributed by atoms with Gasteiger partial charge < -0.3 is 30.5 Å². The topological polar surface area (TPSA) is 248 Å². The summed E-state index contributed by atoms with van der Waals surface area (Å²) in [6, 6.07) is 0. The predicted molar refractivity (Wildman–Crippen MR) is 109 cm³/mol. The number of hydrogen-bond acceptors (Lipinski definition) is 14. The number of phosphoric acid groups is 1. The van der Waals surface area contributed by atoms with E-state index in [-0.39, 0.29) is 17.0 Å². The number of rotatable bonds is 10. The van der Waals surface area contributed by atoms with Gasteiger partial charge in [-0.3, -0.25) is 18.2 Å². The minimum Gasteiger partial charge on any atom is -0.387 e. The molecule has 2 unspecified atom stereocenters. The summed E-state index contributed by atoms with van der Waals surface area (Å²) in [5.74, 6) is -1.43. The molecule has 6 N–H and O–H groups in total. The van der Waals surface area contributed by atoms with Crippen molar-refractivity contribution < 1.29 is 55.4 Å². The first-order chi connectivity index (χ1) is 15.3. The average Bonchev–Trinajstić information content (AvgIpc) is 3.28. The average molecular weight is 574 g/mol. The highest BCUT2D eigenvalue weighted by molar-refractivity contribution is 7.75. The molecule has 1 aliphatic rings. The van der Waals surface area contributed by atoms with Gasteiger partial charge in [-0.05, 0) is 0 Å². The molecule has 0 bridgehead atoms. The summed E-state index contributed by atoms with van der Waals surface area (Å²) >= 11 is 9.70. The third-order valence-corrected chi connectivity index (χ3v) is 11.0. The van der Waals surface area contributed by atoms with Crippen molar-refractivity contribution in [3.05, 3.63) is 12.7 Å². The Balaban J connectivity index is 1.67. The maximum Gasteiger partial charge on any atom is 0.479 e. The number of hydrogen-bond donors (Lipinski definition) is 5. The molecule has 186 valence electrons. The van der Waals surface area contributed by atoms with Crippen LogP contribution in [0.5, 0.6) is 0 Å². The first-order valence-corrected chi connectivity index (χ1v) is 14.1. The van der Waals surface area contributed by atoms with Crippen molar-refractivity contribution >= 4 is 63.7 Å². The van der Waals surface area contributed by atoms with Crippen LogP contribution in [0.3, 0.4) is 0 Å². The molecular weight excluding hydrogens is 558 g/mol. The van der Waals surface area contributed by atoms with E-state index in [2.05, 4.69) is 31.9 Å². The number of phosphoric ester groups is 1. The van der Waals surface area contributed by atoms with E-state index in [0.29, 0.717) is 0 Å². The zero-order valence-electron chi connectivity index (χ0n) is 15.9. The number of ether oxygens (including phenoxy) is 1. The van der Waals surface area contributed by atoms with Crippen LogP contribution >= 0.6 is 46.7 Å². The number of imidazole rings is 1. The molecule has 0 amide bonds. The van der Waals surface area contributed by atoms with E-state index in [1.54, 1.807) is 0 Å². The number of fused-ring (bicyclic) bond motifs is 1. The fourth-order valence-corrected chi connectivity index (χ4v) is 8.45. The second-order valence-electron chi connectivity index (χ2n) is 6.50. The van der Waals surface area contributed by atoms with Crippen molar-refractivity contribution in [2.45, 2.75) is 24.5 Å². The van der Waals surface area contributed by atoms with Gasteiger partial charge in [-0.2, -0.15) is 8.15 Å². The van der Waals surface area contributed by atoms with Crippen LogP contribution in [0.2, 0.25) is 0 Å². The summed E-state index contributed by atoms with van der Waals surface area (Å²) in [7, 11) is -15.0. The third kappa shape index (κ3) is 6.10. The molecule has 2 aromatic rings. The van der Waals surface area contributed by atoms with Gasteiger partial charge in [0.25, 0.3) is 0 Å². The predicted octanol–water partition coefficient (Wildman–Crippen LogP) is 0.838. The molecule has 17 nitrogen and oxygen atoms in total. The molecule has 3 heterocycles. The molecule has 1 fully saturated rings. The minimum absolute atomic E-state index is 0.0575. The summed E-state index contributed by atoms with van der Waals surface area (Å²) in [5, 5.41) is 20.6. The monoisotopic (exact) mass is 573 g/mol. The largest absolute Gasteiger partial charge is 0.479 e. The van der Waals surface area contributed by atoms with Gasteiger partial charge in [0.1, 0.15) is 30.2 Å². The summed E-state index contributed by atoms with van der Waals surface area (Å²) in [6.07, 6.45) is -3.51. The first kappa shape index (κ1) is 26.9. The molecular formula is C11H16Cl2N5O12P3. The Labute approximate surface area is 194 Å². The van der Waals surface area contributed by atoms with Crippen molar-refractivity contribution in [2.24, 2.45) is 0 Å². The molecule has 1 aliphatic heterocycles. The summed E-state index contributed by atoms with van der Waals surface area (Å²) < 4.78 is 58.8. The van der Waals surface area contributed by atoms with Gasteiger partial charge in [-0.15, -0.1) is 0 Å². The van der Waals surface area contributed by atoms with Crippen LogP contribution in [0, 0.1) is 0 Å². The molecule has 0 aliphatic carbocycles. The minimum atomic E-state index is -5.31. The van der Waals surface area contributed by atoms with E-state index >= 15 is 0 Å². The highest BCUT2D eigenvalue weighted by Crippen LogP contribution is 2.68. The smallest absolute Gasteiger partial charge is 0.387 e. The van der Waals surface area contributed by atoms with Gasteiger partial charge in [0, 0.05) is 0 Å². The molecule has 6 atom stereocenters. The lowest BCUT2D eigenvalue weighted by molar-refractivity contribution is -0.0501. The number of nitrogens with zero attached hydrogens (tertiary/aromatic N) is 4. The Morgan fingerprint density at radius 1 is 1.12 bits per heavy atom. The van der Waals surface area contributed by atoms with Crippen molar-refractivity contribution in [2.75, 3.05) is 18.2 Å². The second-order valence-corrected chi connectivity index (χ2v) is 13.1. The van der Waals surface area contributed by atoms with Crippen LogP contribution in [0.15, 0.2) is 12.7 Å². The Morgan fingerprint density at radius 3 is 2.42 bits per heavy atom. The van der Waals surface area contributed by atoms with E-state index < -0.39 is 60.1 Å². The fraction of sp³-hybridized carbons (Fsp3) is 0.545. The van der Waals surface area contributed by atoms with Gasteiger partial charge in [0.15, 0.2) is 23.6 Å². The number of aliphatic hydroxyl groups is 2. The van der Waals surface area contributed by atoms with E-state index in [4.69, 9.17) is 34.2 Å². The van der Waals surface area contributed by atoms with Gasteiger partial charge >= 0.3 is 23.0 Å². The number of aliphatic hydroxyl groups excluding tert-OH is 2. The molecule has 0 radical (unpaired) electrons. The molecule has 0 saturated carbocycles. The summed E-state index contributed by atoms with van der Waals surface area (Å²) in [6.45, 7) is -0.887. The SMILES string of the molecule is Nc1ncnc2c1ncn2[C@@H]1O[C@H](COP(=O)(O)OP(=O)(O)CP(=O)(OCl)OCl)[C@@H](O)[C@H]1O. The van der Waals surface area contributed by atoms with Crippen LogP contribution in [-0.4, -0.2) is 70.3 Å². The molecule has 33 heavy (non-hydrogen) atoms. The Bertz CT molecular complexity index is 1150. The number of aromatic nitrogens is 4. The first-order valence-electron chi connectivity index (χ1n) is 8.46. The van der Waals surface area contributed by atoms with Crippen LogP contribution < -0.4 is 5.73 Å². The lowest BCUT2D eigenvalue weighted by Crippen LogP contribution is -2.33. The number of nitrogens with two attached hydrogens (primary N) is 1. The molecule has 2 aromatic heterocycles. The van der Waals surface area contributed by atoms with Crippen molar-refractivity contribution in [1.82, 2.24) is 19.5 Å².